The minimum atomic E-state index is -0.594. The quantitative estimate of drug-likeness (QED) is 0.516. The molecule has 26 heavy (non-hydrogen) atoms. The smallest absolute Gasteiger partial charge is 0.373 e. The largest absolute Gasteiger partial charge is 0.434 e. The molecule has 0 radical (unpaired) electrons. The maximum Gasteiger partial charge on any atom is 0.373 e. The fourth-order valence-corrected chi connectivity index (χ4v) is 2.45. The molecule has 0 amide bonds. The Morgan fingerprint density at radius 3 is 2.58 bits per heavy atom. The molecule has 0 fully saturated rings. The third kappa shape index (κ3) is 3.70. The zero-order chi connectivity index (χ0) is 18.7. The van der Waals surface area contributed by atoms with Crippen LogP contribution >= 0.6 is 11.6 Å². The number of nitrogens with one attached hydrogen (secondary N) is 1. The Hall–Kier alpha value is -3.26. The number of nitrogens with zero attached hydrogens (tertiary/aromatic N) is 4. The molecule has 1 aromatic carbocycles. The Labute approximate surface area is 154 Å². The predicted molar refractivity (Wildman–Crippen MR) is 97.2 cm³/mol. The summed E-state index contributed by atoms with van der Waals surface area (Å²) >= 11 is 6.14. The van der Waals surface area contributed by atoms with Crippen LogP contribution in [0.2, 0.25) is 5.02 Å². The van der Waals surface area contributed by atoms with Gasteiger partial charge >= 0.3 is 11.6 Å². The number of hydrogen-bond donors (Lipinski definition) is 1. The molecular formula is C17H14ClN5O3. The number of pyridine rings is 1. The molecule has 3 aromatic rings. The molecule has 0 unspecified atom stereocenters. The maximum atomic E-state index is 11.6. The summed E-state index contributed by atoms with van der Waals surface area (Å²) in [5, 5.41) is 15.1. The first kappa shape index (κ1) is 17.6. The molecular weight excluding hydrogens is 358 g/mol. The summed E-state index contributed by atoms with van der Waals surface area (Å²) in [5.74, 6) is 0.242. The Morgan fingerprint density at radius 2 is 1.96 bits per heavy atom. The van der Waals surface area contributed by atoms with E-state index >= 15 is 0 Å². The monoisotopic (exact) mass is 371 g/mol. The van der Waals surface area contributed by atoms with Crippen molar-refractivity contribution >= 4 is 28.8 Å². The molecule has 0 aliphatic carbocycles. The Morgan fingerprint density at radius 1 is 1.23 bits per heavy atom. The van der Waals surface area contributed by atoms with Crippen LogP contribution < -0.4 is 10.1 Å². The normalized spacial score (nSPS) is 10.4. The number of hydrogen-bond acceptors (Lipinski definition) is 7. The number of rotatable bonds is 5. The Bertz CT molecular complexity index is 943. The summed E-state index contributed by atoms with van der Waals surface area (Å²) in [5.41, 5.74) is 1.78. The van der Waals surface area contributed by atoms with Crippen LogP contribution in [-0.2, 0) is 0 Å². The molecule has 9 heteroatoms. The summed E-state index contributed by atoms with van der Waals surface area (Å²) in [6, 6.07) is 6.79. The number of nitro groups is 1. The summed E-state index contributed by atoms with van der Waals surface area (Å²) in [4.78, 5) is 22.8. The van der Waals surface area contributed by atoms with Crippen molar-refractivity contribution in [1.82, 2.24) is 15.0 Å². The van der Waals surface area contributed by atoms with Crippen molar-refractivity contribution < 1.29 is 9.66 Å². The van der Waals surface area contributed by atoms with Crippen molar-refractivity contribution in [2.24, 2.45) is 0 Å². The van der Waals surface area contributed by atoms with Crippen molar-refractivity contribution in [2.75, 3.05) is 5.32 Å². The lowest BCUT2D eigenvalue weighted by Gasteiger charge is -2.11. The average Bonchev–Trinajstić information content (AvgIpc) is 2.60. The lowest BCUT2D eigenvalue weighted by molar-refractivity contribution is -0.385. The number of anilines is 2. The van der Waals surface area contributed by atoms with Gasteiger partial charge in [0.15, 0.2) is 0 Å². The lowest BCUT2D eigenvalue weighted by atomic mass is 10.1. The molecule has 0 saturated heterocycles. The summed E-state index contributed by atoms with van der Waals surface area (Å²) in [6.45, 7) is 3.65. The Balaban J connectivity index is 2.00. The van der Waals surface area contributed by atoms with Crippen LogP contribution in [0.5, 0.6) is 11.6 Å². The highest BCUT2D eigenvalue weighted by Crippen LogP contribution is 2.36. The fraction of sp³-hybridized carbons (Fsp3) is 0.118. The van der Waals surface area contributed by atoms with Crippen molar-refractivity contribution in [3.63, 3.8) is 0 Å². The van der Waals surface area contributed by atoms with Crippen LogP contribution in [0, 0.1) is 24.0 Å². The molecule has 8 nitrogen and oxygen atoms in total. The number of benzene rings is 1. The van der Waals surface area contributed by atoms with Crippen molar-refractivity contribution in [3.8, 4) is 11.6 Å². The van der Waals surface area contributed by atoms with Gasteiger partial charge in [0.05, 0.1) is 16.8 Å². The van der Waals surface area contributed by atoms with Gasteiger partial charge in [-0.2, -0.15) is 4.98 Å². The molecule has 0 bridgehead atoms. The highest BCUT2D eigenvalue weighted by molar-refractivity contribution is 6.32. The number of aryl methyl sites for hydroxylation is 2. The molecule has 132 valence electrons. The van der Waals surface area contributed by atoms with Crippen molar-refractivity contribution in [1.29, 1.82) is 0 Å². The van der Waals surface area contributed by atoms with Crippen LogP contribution in [0.4, 0.5) is 17.2 Å². The highest BCUT2D eigenvalue weighted by Gasteiger charge is 2.25. The van der Waals surface area contributed by atoms with Gasteiger partial charge in [-0.3, -0.25) is 15.1 Å². The Kier molecular flexibility index (Phi) is 4.94. The van der Waals surface area contributed by atoms with Crippen LogP contribution in [0.15, 0.2) is 43.0 Å². The van der Waals surface area contributed by atoms with Gasteiger partial charge in [-0.1, -0.05) is 11.6 Å². The third-order valence-corrected chi connectivity index (χ3v) is 4.12. The third-order valence-electron chi connectivity index (χ3n) is 3.52. The standard InChI is InChI=1S/C17H14ClN5O3/c1-10-6-13(7-11(2)14(10)18)26-17-15(23(24)25)16(20-9-21-17)22-12-4-3-5-19-8-12/h3-9H,1-2H3,(H,20,21,22). The van der Waals surface area contributed by atoms with E-state index in [-0.39, 0.29) is 17.4 Å². The first-order valence-corrected chi connectivity index (χ1v) is 7.94. The lowest BCUT2D eigenvalue weighted by Crippen LogP contribution is -2.03. The van der Waals surface area contributed by atoms with E-state index < -0.39 is 4.92 Å². The van der Waals surface area contributed by atoms with Gasteiger partial charge in [-0.05, 0) is 49.2 Å². The van der Waals surface area contributed by atoms with Gasteiger partial charge in [0.25, 0.3) is 0 Å². The van der Waals surface area contributed by atoms with E-state index in [0.29, 0.717) is 16.5 Å². The van der Waals surface area contributed by atoms with Gasteiger partial charge in [0, 0.05) is 11.2 Å². The van der Waals surface area contributed by atoms with Crippen LogP contribution in [0.25, 0.3) is 0 Å². The SMILES string of the molecule is Cc1cc(Oc2ncnc(Nc3cccnc3)c2[N+](=O)[O-])cc(C)c1Cl. The number of ether oxygens (including phenoxy) is 1. The minimum Gasteiger partial charge on any atom is -0.434 e. The van der Waals surface area contributed by atoms with E-state index in [4.69, 9.17) is 16.3 Å². The van der Waals surface area contributed by atoms with Crippen LogP contribution in [-0.4, -0.2) is 19.9 Å². The summed E-state index contributed by atoms with van der Waals surface area (Å²) in [6.07, 6.45) is 4.31. The van der Waals surface area contributed by atoms with Gasteiger partial charge in [-0.25, -0.2) is 4.98 Å². The molecule has 2 aromatic heterocycles. The van der Waals surface area contributed by atoms with E-state index in [1.165, 1.54) is 12.5 Å². The van der Waals surface area contributed by atoms with Crippen LogP contribution in [0.3, 0.4) is 0 Å². The predicted octanol–water partition coefficient (Wildman–Crippen LogP) is 4.59. The maximum absolute atomic E-state index is 11.6. The second kappa shape index (κ2) is 7.32. The number of halogens is 1. The summed E-state index contributed by atoms with van der Waals surface area (Å²) < 4.78 is 5.66. The van der Waals surface area contributed by atoms with E-state index in [0.717, 1.165) is 11.1 Å². The minimum absolute atomic E-state index is 0.00964. The molecule has 3 rings (SSSR count). The zero-order valence-corrected chi connectivity index (χ0v) is 14.7. The molecule has 1 N–H and O–H groups in total. The first-order valence-electron chi connectivity index (χ1n) is 7.56. The second-order valence-corrected chi connectivity index (χ2v) is 5.85. The molecule has 0 atom stereocenters. The molecule has 0 aliphatic rings. The second-order valence-electron chi connectivity index (χ2n) is 5.47. The number of aromatic nitrogens is 3. The zero-order valence-electron chi connectivity index (χ0n) is 13.9. The van der Waals surface area contributed by atoms with Crippen LogP contribution in [0.1, 0.15) is 11.1 Å². The molecule has 0 spiro atoms. The molecule has 0 saturated carbocycles. The average molecular weight is 372 g/mol. The van der Waals surface area contributed by atoms with E-state index in [9.17, 15) is 10.1 Å². The fourth-order valence-electron chi connectivity index (χ4n) is 2.34. The first-order chi connectivity index (χ1) is 12.5. The molecule has 0 aliphatic heterocycles. The van der Waals surface area contributed by atoms with Gasteiger partial charge < -0.3 is 10.1 Å². The summed E-state index contributed by atoms with van der Waals surface area (Å²) in [7, 11) is 0. The van der Waals surface area contributed by atoms with Gasteiger partial charge in [0.1, 0.15) is 12.1 Å². The van der Waals surface area contributed by atoms with Crippen molar-refractivity contribution in [3.05, 3.63) is 69.3 Å². The molecule has 2 heterocycles. The van der Waals surface area contributed by atoms with Crippen molar-refractivity contribution in [2.45, 2.75) is 13.8 Å². The van der Waals surface area contributed by atoms with E-state index in [1.54, 1.807) is 30.5 Å². The van der Waals surface area contributed by atoms with Gasteiger partial charge in [-0.15, -0.1) is 0 Å². The highest BCUT2D eigenvalue weighted by atomic mass is 35.5. The van der Waals surface area contributed by atoms with E-state index in [1.807, 2.05) is 13.8 Å². The van der Waals surface area contributed by atoms with Gasteiger partial charge in [0.2, 0.25) is 5.82 Å². The topological polar surface area (TPSA) is 103 Å². The van der Waals surface area contributed by atoms with E-state index in [2.05, 4.69) is 20.3 Å².